The Morgan fingerprint density at radius 1 is 1.40 bits per heavy atom. The zero-order valence-electron chi connectivity index (χ0n) is 11.8. The molecule has 1 atom stereocenters. The van der Waals surface area contributed by atoms with E-state index in [-0.39, 0.29) is 11.8 Å². The number of carbonyl (C=O) groups excluding carboxylic acids is 2. The molecule has 1 aliphatic carbocycles. The van der Waals surface area contributed by atoms with Crippen LogP contribution in [-0.4, -0.2) is 35.4 Å². The number of rotatable bonds is 6. The van der Waals surface area contributed by atoms with Crippen LogP contribution in [0.1, 0.15) is 37.2 Å². The lowest BCUT2D eigenvalue weighted by Gasteiger charge is -2.13. The summed E-state index contributed by atoms with van der Waals surface area (Å²) >= 11 is 0. The minimum atomic E-state index is -0.557. The van der Waals surface area contributed by atoms with E-state index in [0.29, 0.717) is 11.7 Å². The highest BCUT2D eigenvalue weighted by Gasteiger charge is 2.26. The van der Waals surface area contributed by atoms with Gasteiger partial charge in [-0.15, -0.1) is 0 Å². The lowest BCUT2D eigenvalue weighted by molar-refractivity contribution is -0.122. The molecule has 1 aromatic rings. The average Bonchev–Trinajstić information content (AvgIpc) is 3.23. The van der Waals surface area contributed by atoms with Crippen molar-refractivity contribution < 1.29 is 9.59 Å². The van der Waals surface area contributed by atoms with Gasteiger partial charge in [0, 0.05) is 12.6 Å². The van der Waals surface area contributed by atoms with Crippen molar-refractivity contribution in [3.8, 4) is 0 Å². The Kier molecular flexibility index (Phi) is 4.55. The standard InChI is InChI=1S/C14H20N4O2/c1-3-15-11-6-7-12(16-8-11)14(20)17-9(2)13(19)18-10-4-5-10/h6-10,15H,3-5H2,1-2H3,(H,17,20)(H,18,19). The van der Waals surface area contributed by atoms with E-state index in [1.165, 1.54) is 0 Å². The molecule has 0 bridgehead atoms. The quantitative estimate of drug-likeness (QED) is 0.721. The second kappa shape index (κ2) is 6.36. The molecule has 2 amide bonds. The van der Waals surface area contributed by atoms with Gasteiger partial charge in [-0.2, -0.15) is 0 Å². The van der Waals surface area contributed by atoms with Gasteiger partial charge in [0.1, 0.15) is 11.7 Å². The highest BCUT2D eigenvalue weighted by Crippen LogP contribution is 2.18. The minimum absolute atomic E-state index is 0.148. The molecule has 108 valence electrons. The molecule has 0 radical (unpaired) electrons. The number of nitrogens with zero attached hydrogens (tertiary/aromatic N) is 1. The highest BCUT2D eigenvalue weighted by atomic mass is 16.2. The van der Waals surface area contributed by atoms with Crippen molar-refractivity contribution >= 4 is 17.5 Å². The molecule has 1 fully saturated rings. The van der Waals surface area contributed by atoms with E-state index >= 15 is 0 Å². The van der Waals surface area contributed by atoms with E-state index in [1.807, 2.05) is 6.92 Å². The summed E-state index contributed by atoms with van der Waals surface area (Å²) in [6, 6.07) is 3.16. The van der Waals surface area contributed by atoms with Gasteiger partial charge >= 0.3 is 0 Å². The smallest absolute Gasteiger partial charge is 0.270 e. The molecular weight excluding hydrogens is 256 g/mol. The molecule has 1 unspecified atom stereocenters. The first-order valence-corrected chi connectivity index (χ1v) is 6.91. The second-order valence-corrected chi connectivity index (χ2v) is 4.94. The van der Waals surface area contributed by atoms with Gasteiger partial charge in [0.25, 0.3) is 5.91 Å². The second-order valence-electron chi connectivity index (χ2n) is 4.94. The fourth-order valence-electron chi connectivity index (χ4n) is 1.73. The SMILES string of the molecule is CCNc1ccc(C(=O)NC(C)C(=O)NC2CC2)nc1. The maximum atomic E-state index is 12.0. The summed E-state index contributed by atoms with van der Waals surface area (Å²) in [6.07, 6.45) is 3.66. The summed E-state index contributed by atoms with van der Waals surface area (Å²) in [5.41, 5.74) is 1.17. The summed E-state index contributed by atoms with van der Waals surface area (Å²) < 4.78 is 0. The van der Waals surface area contributed by atoms with E-state index in [4.69, 9.17) is 0 Å². The van der Waals surface area contributed by atoms with Crippen molar-refractivity contribution in [1.29, 1.82) is 0 Å². The van der Waals surface area contributed by atoms with Crippen LogP contribution in [0, 0.1) is 0 Å². The van der Waals surface area contributed by atoms with Crippen LogP contribution in [0.25, 0.3) is 0 Å². The van der Waals surface area contributed by atoms with Gasteiger partial charge < -0.3 is 16.0 Å². The summed E-state index contributed by atoms with van der Waals surface area (Å²) in [7, 11) is 0. The molecular formula is C14H20N4O2. The predicted octanol–water partition coefficient (Wildman–Crippen LogP) is 0.910. The molecule has 1 heterocycles. The Labute approximate surface area is 118 Å². The molecule has 0 aromatic carbocycles. The van der Waals surface area contributed by atoms with Crippen LogP contribution in [-0.2, 0) is 4.79 Å². The number of carbonyl (C=O) groups is 2. The maximum Gasteiger partial charge on any atom is 0.270 e. The summed E-state index contributed by atoms with van der Waals surface area (Å²) in [4.78, 5) is 27.8. The van der Waals surface area contributed by atoms with Crippen LogP contribution in [0.5, 0.6) is 0 Å². The molecule has 1 aromatic heterocycles. The first-order valence-electron chi connectivity index (χ1n) is 6.91. The molecule has 20 heavy (non-hydrogen) atoms. The zero-order valence-corrected chi connectivity index (χ0v) is 11.8. The van der Waals surface area contributed by atoms with Crippen LogP contribution >= 0.6 is 0 Å². The Hall–Kier alpha value is -2.11. The normalized spacial score (nSPS) is 15.3. The van der Waals surface area contributed by atoms with Crippen molar-refractivity contribution in [3.63, 3.8) is 0 Å². The van der Waals surface area contributed by atoms with Crippen molar-refractivity contribution in [3.05, 3.63) is 24.0 Å². The Morgan fingerprint density at radius 3 is 2.70 bits per heavy atom. The van der Waals surface area contributed by atoms with Gasteiger partial charge in [-0.3, -0.25) is 9.59 Å². The van der Waals surface area contributed by atoms with Gasteiger partial charge in [-0.1, -0.05) is 0 Å². The Morgan fingerprint density at radius 2 is 2.15 bits per heavy atom. The zero-order chi connectivity index (χ0) is 14.5. The van der Waals surface area contributed by atoms with Crippen molar-refractivity contribution in [2.24, 2.45) is 0 Å². The van der Waals surface area contributed by atoms with Gasteiger partial charge in [-0.25, -0.2) is 4.98 Å². The molecule has 6 heteroatoms. The van der Waals surface area contributed by atoms with E-state index in [9.17, 15) is 9.59 Å². The number of hydrogen-bond acceptors (Lipinski definition) is 4. The third-order valence-corrected chi connectivity index (χ3v) is 3.04. The fraction of sp³-hybridized carbons (Fsp3) is 0.500. The minimum Gasteiger partial charge on any atom is -0.384 e. The van der Waals surface area contributed by atoms with Gasteiger partial charge in [-0.05, 0) is 38.8 Å². The lowest BCUT2D eigenvalue weighted by atomic mass is 10.2. The highest BCUT2D eigenvalue weighted by molar-refractivity contribution is 5.96. The first kappa shape index (κ1) is 14.3. The van der Waals surface area contributed by atoms with Crippen molar-refractivity contribution in [2.45, 2.75) is 38.8 Å². The molecule has 3 N–H and O–H groups in total. The topological polar surface area (TPSA) is 83.1 Å². The average molecular weight is 276 g/mol. The Bertz CT molecular complexity index is 482. The molecule has 1 saturated carbocycles. The third-order valence-electron chi connectivity index (χ3n) is 3.04. The van der Waals surface area contributed by atoms with Gasteiger partial charge in [0.05, 0.1) is 11.9 Å². The van der Waals surface area contributed by atoms with E-state index < -0.39 is 6.04 Å². The summed E-state index contributed by atoms with van der Waals surface area (Å²) in [5, 5.41) is 8.60. The number of pyridine rings is 1. The number of amides is 2. The molecule has 0 aliphatic heterocycles. The monoisotopic (exact) mass is 276 g/mol. The van der Waals surface area contributed by atoms with Gasteiger partial charge in [0.15, 0.2) is 0 Å². The number of hydrogen-bond donors (Lipinski definition) is 3. The molecule has 0 spiro atoms. The van der Waals surface area contributed by atoms with Crippen molar-refractivity contribution in [2.75, 3.05) is 11.9 Å². The van der Waals surface area contributed by atoms with E-state index in [2.05, 4.69) is 20.9 Å². The van der Waals surface area contributed by atoms with Crippen LogP contribution in [0.15, 0.2) is 18.3 Å². The number of nitrogens with one attached hydrogen (secondary N) is 3. The summed E-state index contributed by atoms with van der Waals surface area (Å²) in [6.45, 7) is 4.45. The molecule has 1 aliphatic rings. The van der Waals surface area contributed by atoms with E-state index in [1.54, 1.807) is 25.3 Å². The van der Waals surface area contributed by atoms with Crippen LogP contribution < -0.4 is 16.0 Å². The first-order chi connectivity index (χ1) is 9.60. The number of anilines is 1. The van der Waals surface area contributed by atoms with Gasteiger partial charge in [0.2, 0.25) is 5.91 Å². The van der Waals surface area contributed by atoms with Crippen LogP contribution in [0.2, 0.25) is 0 Å². The summed E-state index contributed by atoms with van der Waals surface area (Å²) in [5.74, 6) is -0.489. The fourth-order valence-corrected chi connectivity index (χ4v) is 1.73. The lowest BCUT2D eigenvalue weighted by Crippen LogP contribution is -2.45. The van der Waals surface area contributed by atoms with E-state index in [0.717, 1.165) is 25.1 Å². The Balaban J connectivity index is 1.87. The van der Waals surface area contributed by atoms with Crippen molar-refractivity contribution in [1.82, 2.24) is 15.6 Å². The maximum absolute atomic E-state index is 12.0. The predicted molar refractivity (Wildman–Crippen MR) is 76.5 cm³/mol. The third kappa shape index (κ3) is 3.94. The van der Waals surface area contributed by atoms with Crippen LogP contribution in [0.3, 0.4) is 0 Å². The molecule has 0 saturated heterocycles. The van der Waals surface area contributed by atoms with Crippen LogP contribution in [0.4, 0.5) is 5.69 Å². The number of aromatic nitrogens is 1. The molecule has 6 nitrogen and oxygen atoms in total. The molecule has 2 rings (SSSR count). The largest absolute Gasteiger partial charge is 0.384 e.